The van der Waals surface area contributed by atoms with E-state index in [1.807, 2.05) is 0 Å². The fourth-order valence-electron chi connectivity index (χ4n) is 0.933. The predicted molar refractivity (Wildman–Crippen MR) is 47.7 cm³/mol. The highest BCUT2D eigenvalue weighted by Gasteiger charge is 2.10. The van der Waals surface area contributed by atoms with Gasteiger partial charge < -0.3 is 9.90 Å². The first-order chi connectivity index (χ1) is 6.66. The zero-order valence-corrected chi connectivity index (χ0v) is 7.21. The van der Waals surface area contributed by atoms with Gasteiger partial charge in [-0.25, -0.2) is 4.39 Å². The molecule has 0 saturated carbocycles. The van der Waals surface area contributed by atoms with E-state index < -0.39 is 17.4 Å². The highest BCUT2D eigenvalue weighted by atomic mass is 19.2. The summed E-state index contributed by atoms with van der Waals surface area (Å²) >= 11 is 0. The number of hydrogen-bond acceptors (Lipinski definition) is 2. The number of hydrogen-bond donors (Lipinski definition) is 1. The normalized spacial score (nSPS) is 10.7. The van der Waals surface area contributed by atoms with Crippen molar-refractivity contribution in [2.24, 2.45) is 0 Å². The minimum absolute atomic E-state index is 0.00199. The van der Waals surface area contributed by atoms with E-state index >= 15 is 0 Å². The monoisotopic (exact) mass is 198 g/mol. The summed E-state index contributed by atoms with van der Waals surface area (Å²) in [5, 5.41) is 8.80. The van der Waals surface area contributed by atoms with E-state index in [1.54, 1.807) is 0 Å². The lowest BCUT2D eigenvalue weighted by molar-refractivity contribution is -0.107. The largest absolute Gasteiger partial charge is 0.505 e. The van der Waals surface area contributed by atoms with Crippen molar-refractivity contribution in [1.82, 2.24) is 0 Å². The van der Waals surface area contributed by atoms with E-state index in [-0.39, 0.29) is 12.0 Å². The van der Waals surface area contributed by atoms with Gasteiger partial charge >= 0.3 is 0 Å². The number of rotatable bonds is 3. The van der Waals surface area contributed by atoms with Crippen LogP contribution in [0.2, 0.25) is 0 Å². The lowest BCUT2D eigenvalue weighted by atomic mass is 10.1. The summed E-state index contributed by atoms with van der Waals surface area (Å²) in [6, 6.07) is 2.29. The summed E-state index contributed by atoms with van der Waals surface area (Å²) < 4.78 is 25.8. The van der Waals surface area contributed by atoms with Crippen LogP contribution in [0.4, 0.5) is 8.78 Å². The van der Waals surface area contributed by atoms with Crippen LogP contribution in [0.15, 0.2) is 18.2 Å². The first-order valence-electron chi connectivity index (χ1n) is 3.94. The SMILES string of the molecule is O=CCC=Cc1ccc(O)c(F)c1F. The molecule has 2 nitrogen and oxygen atoms in total. The Labute approximate surface area is 79.5 Å². The molecular formula is C10H8F2O2. The second kappa shape index (κ2) is 4.50. The first kappa shape index (κ1) is 10.4. The van der Waals surface area contributed by atoms with Crippen LogP contribution >= 0.6 is 0 Å². The predicted octanol–water partition coefficient (Wildman–Crippen LogP) is 2.27. The summed E-state index contributed by atoms with van der Waals surface area (Å²) in [7, 11) is 0. The first-order valence-corrected chi connectivity index (χ1v) is 3.94. The summed E-state index contributed by atoms with van der Waals surface area (Å²) in [4.78, 5) is 9.94. The van der Waals surface area contributed by atoms with Crippen molar-refractivity contribution in [2.75, 3.05) is 0 Å². The molecule has 74 valence electrons. The molecule has 1 aromatic rings. The summed E-state index contributed by atoms with van der Waals surface area (Å²) in [6.07, 6.45) is 3.47. The average Bonchev–Trinajstić information content (AvgIpc) is 2.18. The van der Waals surface area contributed by atoms with Gasteiger partial charge in [0.25, 0.3) is 0 Å². The highest BCUT2D eigenvalue weighted by molar-refractivity contribution is 5.58. The van der Waals surface area contributed by atoms with Gasteiger partial charge in [0, 0.05) is 12.0 Å². The lowest BCUT2D eigenvalue weighted by Crippen LogP contribution is -1.88. The number of benzene rings is 1. The molecule has 0 heterocycles. The Kier molecular flexibility index (Phi) is 3.34. The number of aldehydes is 1. The van der Waals surface area contributed by atoms with Crippen LogP contribution in [0.1, 0.15) is 12.0 Å². The standard InChI is InChI=1S/C10H8F2O2/c11-9-7(3-1-2-6-13)4-5-8(14)10(9)12/h1,3-6,14H,2H2. The van der Waals surface area contributed by atoms with E-state index in [0.717, 1.165) is 6.07 Å². The fraction of sp³-hybridized carbons (Fsp3) is 0.100. The van der Waals surface area contributed by atoms with Gasteiger partial charge in [-0.15, -0.1) is 0 Å². The van der Waals surface area contributed by atoms with Gasteiger partial charge in [-0.05, 0) is 12.1 Å². The van der Waals surface area contributed by atoms with Gasteiger partial charge in [-0.1, -0.05) is 12.2 Å². The molecule has 0 aliphatic rings. The molecule has 14 heavy (non-hydrogen) atoms. The smallest absolute Gasteiger partial charge is 0.200 e. The molecule has 0 saturated heterocycles. The highest BCUT2D eigenvalue weighted by Crippen LogP contribution is 2.21. The molecule has 0 atom stereocenters. The van der Waals surface area contributed by atoms with Gasteiger partial charge in [-0.3, -0.25) is 0 Å². The molecule has 0 unspecified atom stereocenters. The minimum Gasteiger partial charge on any atom is -0.505 e. The Morgan fingerprint density at radius 3 is 2.64 bits per heavy atom. The van der Waals surface area contributed by atoms with Crippen molar-refractivity contribution in [1.29, 1.82) is 0 Å². The molecule has 0 aromatic heterocycles. The van der Waals surface area contributed by atoms with Crippen LogP contribution in [0.3, 0.4) is 0 Å². The topological polar surface area (TPSA) is 37.3 Å². The molecule has 1 N–H and O–H groups in total. The minimum atomic E-state index is -1.28. The molecule has 0 amide bonds. The summed E-state index contributed by atoms with van der Waals surface area (Å²) in [5.74, 6) is -3.12. The van der Waals surface area contributed by atoms with Crippen LogP contribution in [0.25, 0.3) is 6.08 Å². The summed E-state index contributed by atoms with van der Waals surface area (Å²) in [5.41, 5.74) is 0.00199. The van der Waals surface area contributed by atoms with E-state index in [0.29, 0.717) is 6.29 Å². The maximum absolute atomic E-state index is 13.0. The Morgan fingerprint density at radius 2 is 2.00 bits per heavy atom. The lowest BCUT2D eigenvalue weighted by Gasteiger charge is -1.99. The molecule has 1 aromatic carbocycles. The second-order valence-electron chi connectivity index (χ2n) is 2.61. The molecule has 1 rings (SSSR count). The van der Waals surface area contributed by atoms with Crippen molar-refractivity contribution in [3.8, 4) is 5.75 Å². The third-order valence-electron chi connectivity index (χ3n) is 1.62. The van der Waals surface area contributed by atoms with Crippen LogP contribution in [-0.2, 0) is 4.79 Å². The molecule has 4 heteroatoms. The third-order valence-corrected chi connectivity index (χ3v) is 1.62. The van der Waals surface area contributed by atoms with Crippen molar-refractivity contribution in [3.63, 3.8) is 0 Å². The van der Waals surface area contributed by atoms with Gasteiger partial charge in [0.1, 0.15) is 6.29 Å². The number of phenolic OH excluding ortho intramolecular Hbond substituents is 1. The van der Waals surface area contributed by atoms with Crippen LogP contribution in [0, 0.1) is 11.6 Å². The molecule has 0 aliphatic heterocycles. The fourth-order valence-corrected chi connectivity index (χ4v) is 0.933. The van der Waals surface area contributed by atoms with Crippen molar-refractivity contribution < 1.29 is 18.7 Å². The van der Waals surface area contributed by atoms with E-state index in [9.17, 15) is 13.6 Å². The molecule has 0 bridgehead atoms. The zero-order valence-electron chi connectivity index (χ0n) is 7.21. The number of allylic oxidation sites excluding steroid dienone is 1. The zero-order chi connectivity index (χ0) is 10.6. The quantitative estimate of drug-likeness (QED) is 0.756. The van der Waals surface area contributed by atoms with Gasteiger partial charge in [0.05, 0.1) is 0 Å². The van der Waals surface area contributed by atoms with Crippen molar-refractivity contribution >= 4 is 12.4 Å². The molecule has 0 radical (unpaired) electrons. The molecule has 0 spiro atoms. The van der Waals surface area contributed by atoms with Crippen molar-refractivity contribution in [3.05, 3.63) is 35.4 Å². The van der Waals surface area contributed by atoms with Crippen LogP contribution in [0.5, 0.6) is 5.75 Å². The number of carbonyl (C=O) groups excluding carboxylic acids is 1. The van der Waals surface area contributed by atoms with E-state index in [4.69, 9.17) is 5.11 Å². The molecular weight excluding hydrogens is 190 g/mol. The van der Waals surface area contributed by atoms with Crippen LogP contribution < -0.4 is 0 Å². The number of phenols is 1. The van der Waals surface area contributed by atoms with Gasteiger partial charge in [0.15, 0.2) is 11.6 Å². The Hall–Kier alpha value is -1.71. The Balaban J connectivity index is 2.99. The number of carbonyl (C=O) groups is 1. The maximum Gasteiger partial charge on any atom is 0.200 e. The van der Waals surface area contributed by atoms with E-state index in [1.165, 1.54) is 18.2 Å². The van der Waals surface area contributed by atoms with Gasteiger partial charge in [0.2, 0.25) is 5.82 Å². The van der Waals surface area contributed by atoms with Gasteiger partial charge in [-0.2, -0.15) is 4.39 Å². The number of aromatic hydroxyl groups is 1. The van der Waals surface area contributed by atoms with Crippen LogP contribution in [-0.4, -0.2) is 11.4 Å². The Bertz CT molecular complexity index is 373. The maximum atomic E-state index is 13.0. The number of halogens is 2. The third kappa shape index (κ3) is 2.16. The molecule has 0 aliphatic carbocycles. The van der Waals surface area contributed by atoms with E-state index in [2.05, 4.69) is 0 Å². The Morgan fingerprint density at radius 1 is 1.29 bits per heavy atom. The molecule has 0 fully saturated rings. The average molecular weight is 198 g/mol. The second-order valence-corrected chi connectivity index (χ2v) is 2.61. The van der Waals surface area contributed by atoms with Crippen molar-refractivity contribution in [2.45, 2.75) is 6.42 Å². The summed E-state index contributed by atoms with van der Waals surface area (Å²) in [6.45, 7) is 0.